The van der Waals surface area contributed by atoms with Crippen molar-refractivity contribution in [3.8, 4) is 0 Å². The lowest BCUT2D eigenvalue weighted by Crippen LogP contribution is -2.38. The standard InChI is InChI=1S/C15H21NO4/c1-15(2,14(19)20)10-13(18)16(8-9-17)11-12-6-4-3-5-7-12/h3-7,17H,8-11H2,1-2H3,(H,19,20). The van der Waals surface area contributed by atoms with Crippen molar-refractivity contribution in [3.05, 3.63) is 35.9 Å². The lowest BCUT2D eigenvalue weighted by molar-refractivity contribution is -0.151. The summed E-state index contributed by atoms with van der Waals surface area (Å²) in [7, 11) is 0. The molecule has 5 nitrogen and oxygen atoms in total. The van der Waals surface area contributed by atoms with Crippen LogP contribution in [-0.2, 0) is 16.1 Å². The fourth-order valence-corrected chi connectivity index (χ4v) is 1.78. The zero-order valence-corrected chi connectivity index (χ0v) is 11.9. The highest BCUT2D eigenvalue weighted by atomic mass is 16.4. The van der Waals surface area contributed by atoms with Crippen LogP contribution < -0.4 is 0 Å². The maximum atomic E-state index is 12.2. The molecule has 20 heavy (non-hydrogen) atoms. The predicted octanol–water partition coefficient (Wildman–Crippen LogP) is 1.51. The largest absolute Gasteiger partial charge is 0.481 e. The molecule has 0 spiro atoms. The van der Waals surface area contributed by atoms with E-state index in [0.29, 0.717) is 6.54 Å². The second-order valence-corrected chi connectivity index (χ2v) is 5.39. The third-order valence-corrected chi connectivity index (χ3v) is 3.11. The number of carboxylic acid groups (broad SMARTS) is 1. The number of benzene rings is 1. The van der Waals surface area contributed by atoms with Gasteiger partial charge in [0.05, 0.1) is 12.0 Å². The van der Waals surface area contributed by atoms with Crippen LogP contribution >= 0.6 is 0 Å². The number of aliphatic hydroxyl groups excluding tert-OH is 1. The van der Waals surface area contributed by atoms with E-state index in [2.05, 4.69) is 0 Å². The van der Waals surface area contributed by atoms with E-state index in [1.165, 1.54) is 18.7 Å². The Labute approximate surface area is 118 Å². The molecule has 1 aromatic rings. The zero-order chi connectivity index (χ0) is 15.2. The average molecular weight is 279 g/mol. The Balaban J connectivity index is 2.75. The van der Waals surface area contributed by atoms with Crippen molar-refractivity contribution in [2.75, 3.05) is 13.2 Å². The minimum atomic E-state index is -1.11. The van der Waals surface area contributed by atoms with E-state index in [9.17, 15) is 9.59 Å². The predicted molar refractivity (Wildman–Crippen MR) is 75.0 cm³/mol. The Hall–Kier alpha value is -1.88. The van der Waals surface area contributed by atoms with Crippen molar-refractivity contribution in [1.29, 1.82) is 0 Å². The molecule has 2 N–H and O–H groups in total. The molecule has 0 aliphatic carbocycles. The van der Waals surface area contributed by atoms with Gasteiger partial charge >= 0.3 is 5.97 Å². The number of aliphatic carboxylic acids is 1. The van der Waals surface area contributed by atoms with Gasteiger partial charge in [0.1, 0.15) is 0 Å². The van der Waals surface area contributed by atoms with Gasteiger partial charge in [-0.25, -0.2) is 0 Å². The van der Waals surface area contributed by atoms with Gasteiger partial charge in [-0.05, 0) is 19.4 Å². The van der Waals surface area contributed by atoms with Crippen molar-refractivity contribution in [2.24, 2.45) is 5.41 Å². The summed E-state index contributed by atoms with van der Waals surface area (Å²) in [6.07, 6.45) is -0.0881. The third-order valence-electron chi connectivity index (χ3n) is 3.11. The number of nitrogens with zero attached hydrogens (tertiary/aromatic N) is 1. The van der Waals surface area contributed by atoms with Gasteiger partial charge in [0.2, 0.25) is 5.91 Å². The van der Waals surface area contributed by atoms with E-state index >= 15 is 0 Å². The number of hydrogen-bond acceptors (Lipinski definition) is 3. The molecule has 110 valence electrons. The van der Waals surface area contributed by atoms with E-state index in [1.807, 2.05) is 30.3 Å². The van der Waals surface area contributed by atoms with Gasteiger partial charge in [0.15, 0.2) is 0 Å². The van der Waals surface area contributed by atoms with Crippen LogP contribution in [0.2, 0.25) is 0 Å². The molecule has 0 radical (unpaired) electrons. The van der Waals surface area contributed by atoms with Gasteiger partial charge in [0, 0.05) is 19.5 Å². The van der Waals surface area contributed by atoms with Gasteiger partial charge in [-0.2, -0.15) is 0 Å². The number of rotatable bonds is 7. The summed E-state index contributed by atoms with van der Waals surface area (Å²) in [4.78, 5) is 24.8. The molecular weight excluding hydrogens is 258 g/mol. The first kappa shape index (κ1) is 16.2. The van der Waals surface area contributed by atoms with Crippen LogP contribution in [0.1, 0.15) is 25.8 Å². The fraction of sp³-hybridized carbons (Fsp3) is 0.467. The Morgan fingerprint density at radius 2 is 1.80 bits per heavy atom. The van der Waals surface area contributed by atoms with E-state index in [-0.39, 0.29) is 25.5 Å². The Morgan fingerprint density at radius 1 is 1.20 bits per heavy atom. The number of amides is 1. The SMILES string of the molecule is CC(C)(CC(=O)N(CCO)Cc1ccccc1)C(=O)O. The van der Waals surface area contributed by atoms with Crippen molar-refractivity contribution < 1.29 is 19.8 Å². The summed E-state index contributed by atoms with van der Waals surface area (Å²) in [6.45, 7) is 3.46. The molecule has 0 atom stereocenters. The summed E-state index contributed by atoms with van der Waals surface area (Å²) in [5.41, 5.74) is -0.163. The number of hydrogen-bond donors (Lipinski definition) is 2. The van der Waals surface area contributed by atoms with Crippen LogP contribution in [0.4, 0.5) is 0 Å². The van der Waals surface area contributed by atoms with Crippen LogP contribution in [0.5, 0.6) is 0 Å². The average Bonchev–Trinajstić information content (AvgIpc) is 2.38. The lowest BCUT2D eigenvalue weighted by atomic mass is 9.89. The van der Waals surface area contributed by atoms with Crippen molar-refractivity contribution >= 4 is 11.9 Å². The third kappa shape index (κ3) is 4.66. The molecule has 1 aromatic carbocycles. The highest BCUT2D eigenvalue weighted by Crippen LogP contribution is 2.22. The number of carbonyl (C=O) groups is 2. The molecule has 0 aromatic heterocycles. The maximum absolute atomic E-state index is 12.2. The van der Waals surface area contributed by atoms with E-state index in [4.69, 9.17) is 10.2 Å². The minimum Gasteiger partial charge on any atom is -0.481 e. The fourth-order valence-electron chi connectivity index (χ4n) is 1.78. The summed E-state index contributed by atoms with van der Waals surface area (Å²) in [6, 6.07) is 9.41. The summed E-state index contributed by atoms with van der Waals surface area (Å²) >= 11 is 0. The summed E-state index contributed by atoms with van der Waals surface area (Å²) in [5, 5.41) is 18.1. The maximum Gasteiger partial charge on any atom is 0.309 e. The van der Waals surface area contributed by atoms with Gasteiger partial charge < -0.3 is 15.1 Å². The second-order valence-electron chi connectivity index (χ2n) is 5.39. The second kappa shape index (κ2) is 7.05. The molecule has 5 heteroatoms. The summed E-state index contributed by atoms with van der Waals surface area (Å²) in [5.74, 6) is -1.27. The summed E-state index contributed by atoms with van der Waals surface area (Å²) < 4.78 is 0. The highest BCUT2D eigenvalue weighted by Gasteiger charge is 2.32. The smallest absolute Gasteiger partial charge is 0.309 e. The van der Waals surface area contributed by atoms with Gasteiger partial charge in [-0.3, -0.25) is 9.59 Å². The Bertz CT molecular complexity index is 456. The normalized spacial score (nSPS) is 11.2. The first-order chi connectivity index (χ1) is 9.36. The van der Waals surface area contributed by atoms with E-state index in [0.717, 1.165) is 5.56 Å². The molecule has 1 amide bonds. The van der Waals surface area contributed by atoms with E-state index in [1.54, 1.807) is 0 Å². The first-order valence-electron chi connectivity index (χ1n) is 6.53. The number of carbonyl (C=O) groups excluding carboxylic acids is 1. The van der Waals surface area contributed by atoms with Crippen LogP contribution in [0, 0.1) is 5.41 Å². The van der Waals surface area contributed by atoms with Crippen LogP contribution in [0.3, 0.4) is 0 Å². The van der Waals surface area contributed by atoms with Crippen LogP contribution in [0.15, 0.2) is 30.3 Å². The van der Waals surface area contributed by atoms with Crippen LogP contribution in [0.25, 0.3) is 0 Å². The monoisotopic (exact) mass is 279 g/mol. The number of aliphatic hydroxyl groups is 1. The molecule has 0 fully saturated rings. The Morgan fingerprint density at radius 3 is 2.30 bits per heavy atom. The number of carboxylic acids is 1. The molecule has 0 bridgehead atoms. The Kier molecular flexibility index (Phi) is 5.70. The quantitative estimate of drug-likeness (QED) is 0.793. The molecule has 0 aliphatic heterocycles. The first-order valence-corrected chi connectivity index (χ1v) is 6.53. The van der Waals surface area contributed by atoms with Crippen molar-refractivity contribution in [1.82, 2.24) is 4.90 Å². The van der Waals surface area contributed by atoms with Crippen molar-refractivity contribution in [2.45, 2.75) is 26.8 Å². The molecule has 0 saturated carbocycles. The lowest BCUT2D eigenvalue weighted by Gasteiger charge is -2.26. The van der Waals surface area contributed by atoms with Gasteiger partial charge in [-0.1, -0.05) is 30.3 Å². The zero-order valence-electron chi connectivity index (χ0n) is 11.9. The van der Waals surface area contributed by atoms with Crippen molar-refractivity contribution in [3.63, 3.8) is 0 Å². The minimum absolute atomic E-state index is 0.0881. The highest BCUT2D eigenvalue weighted by molar-refractivity contribution is 5.84. The molecule has 0 saturated heterocycles. The molecule has 0 heterocycles. The van der Waals surface area contributed by atoms with E-state index < -0.39 is 11.4 Å². The molecule has 0 unspecified atom stereocenters. The van der Waals surface area contributed by atoms with Crippen LogP contribution in [-0.4, -0.2) is 40.1 Å². The topological polar surface area (TPSA) is 77.8 Å². The van der Waals surface area contributed by atoms with Gasteiger partial charge in [0.25, 0.3) is 0 Å². The van der Waals surface area contributed by atoms with Gasteiger partial charge in [-0.15, -0.1) is 0 Å². The molecule has 0 aliphatic rings. The molecular formula is C15H21NO4. The molecule has 1 rings (SSSR count).